The summed E-state index contributed by atoms with van der Waals surface area (Å²) in [6, 6.07) is 9.40. The quantitative estimate of drug-likeness (QED) is 0.800. The number of hydrogen-bond acceptors (Lipinski definition) is 4. The smallest absolute Gasteiger partial charge is 0.216 e. The summed E-state index contributed by atoms with van der Waals surface area (Å²) < 4.78 is 5.05. The summed E-state index contributed by atoms with van der Waals surface area (Å²) in [6.45, 7) is 0. The number of carbonyl (C=O) groups is 1. The van der Waals surface area contributed by atoms with Gasteiger partial charge in [-0.15, -0.1) is 0 Å². The lowest BCUT2D eigenvalue weighted by Gasteiger charge is -2.27. The molecule has 1 aliphatic rings. The van der Waals surface area contributed by atoms with Gasteiger partial charge in [-0.2, -0.15) is 0 Å². The molecule has 4 heteroatoms. The molecule has 0 saturated heterocycles. The third kappa shape index (κ3) is 2.29. The minimum Gasteiger partial charge on any atom is -0.481 e. The third-order valence-corrected chi connectivity index (χ3v) is 3.83. The van der Waals surface area contributed by atoms with Crippen molar-refractivity contribution in [3.63, 3.8) is 0 Å². The van der Waals surface area contributed by atoms with Crippen LogP contribution in [0.15, 0.2) is 36.7 Å². The van der Waals surface area contributed by atoms with Crippen molar-refractivity contribution in [2.75, 3.05) is 7.11 Å². The topological polar surface area (TPSA) is 52.1 Å². The minimum atomic E-state index is -0.0619. The number of aromatic nitrogens is 2. The maximum absolute atomic E-state index is 12.6. The molecule has 1 aromatic heterocycles. The van der Waals surface area contributed by atoms with Gasteiger partial charge in [-0.3, -0.25) is 4.79 Å². The molecule has 0 radical (unpaired) electrons. The van der Waals surface area contributed by atoms with Gasteiger partial charge in [0, 0.05) is 11.6 Å². The molecule has 20 heavy (non-hydrogen) atoms. The van der Waals surface area contributed by atoms with Crippen LogP contribution in [0.25, 0.3) is 0 Å². The van der Waals surface area contributed by atoms with Gasteiger partial charge in [0.25, 0.3) is 0 Å². The van der Waals surface area contributed by atoms with Gasteiger partial charge >= 0.3 is 0 Å². The molecule has 1 fully saturated rings. The van der Waals surface area contributed by atoms with E-state index in [9.17, 15) is 4.79 Å². The molecule has 1 aromatic carbocycles. The SMILES string of the molecule is COc1cc(C(=O)c2ccccc2C2CCC2)ncn1. The summed E-state index contributed by atoms with van der Waals surface area (Å²) in [5, 5.41) is 0. The number of nitrogens with zero attached hydrogens (tertiary/aromatic N) is 2. The fourth-order valence-corrected chi connectivity index (χ4v) is 2.49. The number of ketones is 1. The molecule has 0 amide bonds. The van der Waals surface area contributed by atoms with Crippen LogP contribution in [0.5, 0.6) is 5.88 Å². The molecule has 4 nitrogen and oxygen atoms in total. The van der Waals surface area contributed by atoms with Crippen LogP contribution in [0.2, 0.25) is 0 Å². The first-order valence-electron chi connectivity index (χ1n) is 6.79. The summed E-state index contributed by atoms with van der Waals surface area (Å²) in [4.78, 5) is 20.6. The highest BCUT2D eigenvalue weighted by molar-refractivity contribution is 6.08. The molecule has 2 aromatic rings. The molecule has 0 bridgehead atoms. The number of methoxy groups -OCH3 is 1. The Morgan fingerprint density at radius 1 is 1.25 bits per heavy atom. The molecule has 0 spiro atoms. The standard InChI is InChI=1S/C16H16N2O2/c1-20-15-9-14(17-10-18-15)16(19)13-8-3-2-7-12(13)11-5-4-6-11/h2-3,7-11H,4-6H2,1H3. The van der Waals surface area contributed by atoms with Gasteiger partial charge in [0.05, 0.1) is 7.11 Å². The second-order valence-corrected chi connectivity index (χ2v) is 4.99. The Bertz CT molecular complexity index is 636. The predicted molar refractivity (Wildman–Crippen MR) is 75.1 cm³/mol. The maximum atomic E-state index is 12.6. The molecular weight excluding hydrogens is 252 g/mol. The van der Waals surface area contributed by atoms with Gasteiger partial charge in [0.2, 0.25) is 11.7 Å². The van der Waals surface area contributed by atoms with Crippen LogP contribution in [0.4, 0.5) is 0 Å². The number of ether oxygens (including phenoxy) is 1. The zero-order chi connectivity index (χ0) is 13.9. The molecule has 0 aliphatic heterocycles. The van der Waals surface area contributed by atoms with Gasteiger partial charge < -0.3 is 4.74 Å². The van der Waals surface area contributed by atoms with Crippen molar-refractivity contribution in [1.82, 2.24) is 9.97 Å². The molecule has 0 atom stereocenters. The van der Waals surface area contributed by atoms with E-state index in [2.05, 4.69) is 16.0 Å². The fourth-order valence-electron chi connectivity index (χ4n) is 2.49. The maximum Gasteiger partial charge on any atom is 0.216 e. The third-order valence-electron chi connectivity index (χ3n) is 3.83. The van der Waals surface area contributed by atoms with E-state index in [-0.39, 0.29) is 5.78 Å². The van der Waals surface area contributed by atoms with Crippen molar-refractivity contribution in [2.24, 2.45) is 0 Å². The lowest BCUT2D eigenvalue weighted by atomic mass is 9.77. The van der Waals surface area contributed by atoms with E-state index >= 15 is 0 Å². The molecule has 0 N–H and O–H groups in total. The summed E-state index contributed by atoms with van der Waals surface area (Å²) in [7, 11) is 1.53. The Kier molecular flexibility index (Phi) is 3.46. The van der Waals surface area contributed by atoms with E-state index < -0.39 is 0 Å². The first kappa shape index (κ1) is 12.8. The average molecular weight is 268 g/mol. The van der Waals surface area contributed by atoms with Crippen LogP contribution in [-0.2, 0) is 0 Å². The predicted octanol–water partition coefficient (Wildman–Crippen LogP) is 2.98. The second kappa shape index (κ2) is 5.41. The Labute approximate surface area is 117 Å². The van der Waals surface area contributed by atoms with Gasteiger partial charge in [-0.05, 0) is 24.3 Å². The molecule has 1 saturated carbocycles. The van der Waals surface area contributed by atoms with E-state index in [4.69, 9.17) is 4.74 Å². The van der Waals surface area contributed by atoms with E-state index in [1.165, 1.54) is 19.9 Å². The van der Waals surface area contributed by atoms with Gasteiger partial charge in [-0.1, -0.05) is 30.7 Å². The summed E-state index contributed by atoms with van der Waals surface area (Å²) in [5.74, 6) is 0.858. The monoisotopic (exact) mass is 268 g/mol. The highest BCUT2D eigenvalue weighted by atomic mass is 16.5. The van der Waals surface area contributed by atoms with Crippen molar-refractivity contribution >= 4 is 5.78 Å². The number of benzene rings is 1. The first-order valence-corrected chi connectivity index (χ1v) is 6.79. The van der Waals surface area contributed by atoms with Crippen LogP contribution in [-0.4, -0.2) is 22.9 Å². The molecule has 1 heterocycles. The Morgan fingerprint density at radius 2 is 2.05 bits per heavy atom. The first-order chi connectivity index (χ1) is 9.79. The summed E-state index contributed by atoms with van der Waals surface area (Å²) in [5.41, 5.74) is 2.27. The average Bonchev–Trinajstić information content (AvgIpc) is 2.45. The second-order valence-electron chi connectivity index (χ2n) is 4.99. The molecule has 0 unspecified atom stereocenters. The van der Waals surface area contributed by atoms with E-state index in [1.807, 2.05) is 18.2 Å². The van der Waals surface area contributed by atoms with Crippen LogP contribution in [0.3, 0.4) is 0 Å². The van der Waals surface area contributed by atoms with Crippen molar-refractivity contribution in [3.8, 4) is 5.88 Å². The Balaban J connectivity index is 1.97. The number of rotatable bonds is 4. The van der Waals surface area contributed by atoms with Gasteiger partial charge in [0.1, 0.15) is 12.0 Å². The zero-order valence-electron chi connectivity index (χ0n) is 11.4. The summed E-state index contributed by atoms with van der Waals surface area (Å²) in [6.07, 6.45) is 4.93. The number of carbonyl (C=O) groups excluding carboxylic acids is 1. The van der Waals surface area contributed by atoms with E-state index in [1.54, 1.807) is 6.07 Å². The van der Waals surface area contributed by atoms with Gasteiger partial charge in [-0.25, -0.2) is 9.97 Å². The largest absolute Gasteiger partial charge is 0.481 e. The minimum absolute atomic E-state index is 0.0619. The molecule has 3 rings (SSSR count). The molecule has 1 aliphatic carbocycles. The van der Waals surface area contributed by atoms with Crippen LogP contribution < -0.4 is 4.74 Å². The van der Waals surface area contributed by atoms with E-state index in [0.717, 1.165) is 24.0 Å². The van der Waals surface area contributed by atoms with Crippen LogP contribution in [0.1, 0.15) is 46.8 Å². The highest BCUT2D eigenvalue weighted by Crippen LogP contribution is 2.38. The Hall–Kier alpha value is -2.23. The van der Waals surface area contributed by atoms with Crippen molar-refractivity contribution in [3.05, 3.63) is 53.5 Å². The summed E-state index contributed by atoms with van der Waals surface area (Å²) >= 11 is 0. The van der Waals surface area contributed by atoms with E-state index in [0.29, 0.717) is 17.5 Å². The normalized spacial score (nSPS) is 14.7. The molecular formula is C16H16N2O2. The van der Waals surface area contributed by atoms with Crippen molar-refractivity contribution < 1.29 is 9.53 Å². The zero-order valence-corrected chi connectivity index (χ0v) is 11.4. The van der Waals surface area contributed by atoms with Gasteiger partial charge in [0.15, 0.2) is 0 Å². The van der Waals surface area contributed by atoms with Crippen LogP contribution >= 0.6 is 0 Å². The Morgan fingerprint density at radius 3 is 2.75 bits per heavy atom. The van der Waals surface area contributed by atoms with Crippen molar-refractivity contribution in [1.29, 1.82) is 0 Å². The van der Waals surface area contributed by atoms with Crippen LogP contribution in [0, 0.1) is 0 Å². The lowest BCUT2D eigenvalue weighted by molar-refractivity contribution is 0.103. The highest BCUT2D eigenvalue weighted by Gasteiger charge is 2.25. The molecule has 102 valence electrons. The fraction of sp³-hybridized carbons (Fsp3) is 0.312. The lowest BCUT2D eigenvalue weighted by Crippen LogP contribution is -2.15. The van der Waals surface area contributed by atoms with Crippen molar-refractivity contribution in [2.45, 2.75) is 25.2 Å². The number of hydrogen-bond donors (Lipinski definition) is 0.